The van der Waals surface area contributed by atoms with E-state index >= 15 is 0 Å². The topological polar surface area (TPSA) is 58.6 Å². The number of alkyl halides is 3. The Morgan fingerprint density at radius 1 is 1.29 bits per heavy atom. The normalized spacial score (nSPS) is 21.5. The lowest BCUT2D eigenvalue weighted by atomic mass is 10.1. The maximum Gasteiger partial charge on any atom is 0.418 e. The first-order valence-corrected chi connectivity index (χ1v) is 7.21. The molecule has 0 aliphatic carbocycles. The van der Waals surface area contributed by atoms with Crippen molar-refractivity contribution in [2.24, 2.45) is 0 Å². The molecule has 1 aromatic carbocycles. The van der Waals surface area contributed by atoms with Crippen LogP contribution in [0.3, 0.4) is 0 Å². The summed E-state index contributed by atoms with van der Waals surface area (Å²) in [6.07, 6.45) is -5.17. The summed E-state index contributed by atoms with van der Waals surface area (Å²) in [4.78, 5) is 25.4. The van der Waals surface area contributed by atoms with Crippen molar-refractivity contribution < 1.29 is 31.9 Å². The molecule has 0 bridgehead atoms. The predicted octanol–water partition coefficient (Wildman–Crippen LogP) is 2.42. The highest BCUT2D eigenvalue weighted by Crippen LogP contribution is 2.35. The number of nitrogens with zero attached hydrogens (tertiary/aromatic N) is 1. The molecule has 0 aromatic heterocycles. The van der Waals surface area contributed by atoms with Crippen molar-refractivity contribution in [3.05, 3.63) is 29.6 Å². The molecule has 5 nitrogen and oxygen atoms in total. The van der Waals surface area contributed by atoms with Gasteiger partial charge in [0, 0.05) is 6.54 Å². The highest BCUT2D eigenvalue weighted by molar-refractivity contribution is 6.39. The van der Waals surface area contributed by atoms with Crippen molar-refractivity contribution in [1.82, 2.24) is 4.90 Å². The number of hydrogen-bond acceptors (Lipinski definition) is 3. The van der Waals surface area contributed by atoms with Gasteiger partial charge in [-0.05, 0) is 32.0 Å². The number of nitrogens with one attached hydrogen (secondary N) is 1. The summed E-state index contributed by atoms with van der Waals surface area (Å²) in [5, 5.41) is 1.92. The van der Waals surface area contributed by atoms with Gasteiger partial charge in [-0.3, -0.25) is 9.59 Å². The van der Waals surface area contributed by atoms with Crippen LogP contribution in [0.25, 0.3) is 0 Å². The fourth-order valence-corrected chi connectivity index (χ4v) is 2.39. The summed E-state index contributed by atoms with van der Waals surface area (Å²) in [5.74, 6) is -3.27. The Hall–Kier alpha value is -2.16. The molecule has 9 heteroatoms. The maximum atomic E-state index is 13.1. The van der Waals surface area contributed by atoms with Crippen LogP contribution in [0.1, 0.15) is 19.4 Å². The fraction of sp³-hybridized carbons (Fsp3) is 0.467. The third kappa shape index (κ3) is 3.84. The van der Waals surface area contributed by atoms with Gasteiger partial charge in [0.05, 0.1) is 30.0 Å². The molecule has 2 atom stereocenters. The zero-order valence-corrected chi connectivity index (χ0v) is 13.0. The molecule has 1 N–H and O–H groups in total. The summed E-state index contributed by atoms with van der Waals surface area (Å²) < 4.78 is 57.1. The molecule has 0 saturated carbocycles. The lowest BCUT2D eigenvalue weighted by Gasteiger charge is -2.37. The molecule has 2 amide bonds. The Morgan fingerprint density at radius 2 is 1.96 bits per heavy atom. The van der Waals surface area contributed by atoms with Gasteiger partial charge in [0.25, 0.3) is 0 Å². The molecule has 132 valence electrons. The van der Waals surface area contributed by atoms with Gasteiger partial charge in [-0.25, -0.2) is 4.39 Å². The summed E-state index contributed by atoms with van der Waals surface area (Å²) in [6, 6.07) is 1.41. The van der Waals surface area contributed by atoms with Gasteiger partial charge in [-0.2, -0.15) is 13.2 Å². The molecule has 0 spiro atoms. The van der Waals surface area contributed by atoms with Crippen LogP contribution >= 0.6 is 0 Å². The van der Waals surface area contributed by atoms with Gasteiger partial charge in [0.2, 0.25) is 0 Å². The van der Waals surface area contributed by atoms with E-state index in [0.717, 1.165) is 12.1 Å². The van der Waals surface area contributed by atoms with Gasteiger partial charge in [0.15, 0.2) is 0 Å². The van der Waals surface area contributed by atoms with E-state index in [4.69, 9.17) is 4.74 Å². The lowest BCUT2D eigenvalue weighted by Crippen LogP contribution is -2.54. The number of hydrogen-bond donors (Lipinski definition) is 1. The van der Waals surface area contributed by atoms with Gasteiger partial charge >= 0.3 is 18.0 Å². The Balaban J connectivity index is 2.19. The van der Waals surface area contributed by atoms with Crippen LogP contribution in [0.5, 0.6) is 0 Å². The van der Waals surface area contributed by atoms with E-state index in [0.29, 0.717) is 0 Å². The van der Waals surface area contributed by atoms with E-state index in [9.17, 15) is 27.2 Å². The summed E-state index contributed by atoms with van der Waals surface area (Å²) in [7, 11) is 0. The van der Waals surface area contributed by atoms with Gasteiger partial charge in [-0.15, -0.1) is 0 Å². The number of carbonyl (C=O) groups excluding carboxylic acids is 2. The molecule has 2 rings (SSSR count). The minimum absolute atomic E-state index is 0.160. The first-order valence-electron chi connectivity index (χ1n) is 7.21. The minimum atomic E-state index is -4.87. The molecule has 0 radical (unpaired) electrons. The van der Waals surface area contributed by atoms with Gasteiger partial charge < -0.3 is 15.0 Å². The minimum Gasteiger partial charge on any atom is -0.375 e. The smallest absolute Gasteiger partial charge is 0.375 e. The second-order valence-corrected chi connectivity index (χ2v) is 5.46. The first-order chi connectivity index (χ1) is 11.1. The summed E-state index contributed by atoms with van der Waals surface area (Å²) in [6.45, 7) is 3.79. The van der Waals surface area contributed by atoms with Crippen LogP contribution < -0.4 is 5.32 Å². The van der Waals surface area contributed by atoms with E-state index in [1.807, 2.05) is 5.32 Å². The van der Waals surface area contributed by atoms with Crippen molar-refractivity contribution in [3.8, 4) is 0 Å². The third-order valence-electron chi connectivity index (χ3n) is 3.87. The van der Waals surface area contributed by atoms with Crippen molar-refractivity contribution in [2.75, 3.05) is 18.5 Å². The molecule has 24 heavy (non-hydrogen) atoms. The molecule has 1 heterocycles. The average Bonchev–Trinajstić information content (AvgIpc) is 2.50. The quantitative estimate of drug-likeness (QED) is 0.626. The maximum absolute atomic E-state index is 13.1. The Bertz CT molecular complexity index is 648. The number of rotatable bonds is 1. The van der Waals surface area contributed by atoms with E-state index in [1.165, 1.54) is 4.90 Å². The monoisotopic (exact) mass is 348 g/mol. The molecule has 1 aliphatic rings. The van der Waals surface area contributed by atoms with Crippen LogP contribution in [0, 0.1) is 5.82 Å². The molecule has 0 unspecified atom stereocenters. The number of benzene rings is 1. The second-order valence-electron chi connectivity index (χ2n) is 5.46. The molecule has 1 aliphatic heterocycles. The number of ether oxygens (including phenoxy) is 1. The lowest BCUT2D eigenvalue weighted by molar-refractivity contribution is -0.152. The first kappa shape index (κ1) is 18.2. The Morgan fingerprint density at radius 3 is 2.58 bits per heavy atom. The summed E-state index contributed by atoms with van der Waals surface area (Å²) in [5.41, 5.74) is -2.02. The number of amides is 2. The fourth-order valence-electron chi connectivity index (χ4n) is 2.39. The van der Waals surface area contributed by atoms with Crippen molar-refractivity contribution in [2.45, 2.75) is 32.2 Å². The summed E-state index contributed by atoms with van der Waals surface area (Å²) >= 11 is 0. The Labute approximate surface area is 135 Å². The highest BCUT2D eigenvalue weighted by Gasteiger charge is 2.36. The second kappa shape index (κ2) is 6.76. The molecule has 1 fully saturated rings. The number of anilines is 1. The zero-order chi connectivity index (χ0) is 18.1. The van der Waals surface area contributed by atoms with Crippen molar-refractivity contribution >= 4 is 17.5 Å². The average molecular weight is 348 g/mol. The number of morpholine rings is 1. The SMILES string of the molecule is C[C@@H]1[C@@H](C)OCCN1C(=O)C(=O)Nc1ccc(F)cc1C(F)(F)F. The van der Waals surface area contributed by atoms with Gasteiger partial charge in [0.1, 0.15) is 5.82 Å². The largest absolute Gasteiger partial charge is 0.418 e. The van der Waals surface area contributed by atoms with E-state index in [2.05, 4.69) is 0 Å². The van der Waals surface area contributed by atoms with E-state index in [1.54, 1.807) is 13.8 Å². The molecular formula is C15H16F4N2O3. The van der Waals surface area contributed by atoms with Crippen LogP contribution in [0.15, 0.2) is 18.2 Å². The standard InChI is InChI=1S/C15H16F4N2O3/c1-8-9(2)24-6-5-21(8)14(23)13(22)20-12-4-3-10(16)7-11(12)15(17,18)19/h3-4,7-9H,5-6H2,1-2H3,(H,20,22)/t8-,9-/m1/s1. The van der Waals surface area contributed by atoms with Crippen LogP contribution in [0.2, 0.25) is 0 Å². The van der Waals surface area contributed by atoms with E-state index in [-0.39, 0.29) is 25.3 Å². The highest BCUT2D eigenvalue weighted by atomic mass is 19.4. The van der Waals surface area contributed by atoms with Crippen molar-refractivity contribution in [1.29, 1.82) is 0 Å². The van der Waals surface area contributed by atoms with Gasteiger partial charge in [-0.1, -0.05) is 0 Å². The zero-order valence-electron chi connectivity index (χ0n) is 13.0. The predicted molar refractivity (Wildman–Crippen MR) is 76.6 cm³/mol. The number of carbonyl (C=O) groups is 2. The third-order valence-corrected chi connectivity index (χ3v) is 3.87. The van der Waals surface area contributed by atoms with Crippen LogP contribution in [-0.2, 0) is 20.5 Å². The molecule has 1 saturated heterocycles. The Kier molecular flexibility index (Phi) is 5.12. The van der Waals surface area contributed by atoms with Crippen molar-refractivity contribution in [3.63, 3.8) is 0 Å². The van der Waals surface area contributed by atoms with Crippen LogP contribution in [-0.4, -0.2) is 42.0 Å². The number of halogens is 4. The van der Waals surface area contributed by atoms with E-state index < -0.39 is 41.1 Å². The van der Waals surface area contributed by atoms with Crippen LogP contribution in [0.4, 0.5) is 23.2 Å². The molecule has 1 aromatic rings. The molecular weight excluding hydrogens is 332 g/mol.